The van der Waals surface area contributed by atoms with Crippen LogP contribution in [-0.4, -0.2) is 9.97 Å². The highest BCUT2D eigenvalue weighted by Gasteiger charge is 1.94. The van der Waals surface area contributed by atoms with Crippen molar-refractivity contribution in [2.45, 2.75) is 13.3 Å². The summed E-state index contributed by atoms with van der Waals surface area (Å²) < 4.78 is 0. The van der Waals surface area contributed by atoms with Gasteiger partial charge in [0.2, 0.25) is 0 Å². The largest absolute Gasteiger partial charge is 0.348 e. The van der Waals surface area contributed by atoms with Crippen molar-refractivity contribution < 1.29 is 0 Å². The molecule has 0 saturated heterocycles. The highest BCUT2D eigenvalue weighted by atomic mass is 35.5. The van der Waals surface area contributed by atoms with Crippen LogP contribution in [0.1, 0.15) is 17.0 Å². The Hall–Kier alpha value is -1.54. The summed E-state index contributed by atoms with van der Waals surface area (Å²) in [5.41, 5.74) is 3.33. The zero-order valence-electron chi connectivity index (χ0n) is 9.07. The number of nitrogens with one attached hydrogen (secondary N) is 1. The van der Waals surface area contributed by atoms with E-state index in [1.807, 2.05) is 37.3 Å². The molecule has 0 aliphatic carbocycles. The highest BCUT2D eigenvalue weighted by Crippen LogP contribution is 2.11. The van der Waals surface area contributed by atoms with Gasteiger partial charge in [-0.25, -0.2) is 4.98 Å². The zero-order chi connectivity index (χ0) is 11.4. The number of hydrogen-bond acceptors (Lipinski definition) is 1. The van der Waals surface area contributed by atoms with Crippen LogP contribution >= 0.6 is 11.6 Å². The van der Waals surface area contributed by atoms with Gasteiger partial charge in [-0.05, 0) is 37.1 Å². The van der Waals surface area contributed by atoms with Crippen molar-refractivity contribution in [2.24, 2.45) is 0 Å². The van der Waals surface area contributed by atoms with Crippen molar-refractivity contribution in [1.29, 1.82) is 0 Å². The molecule has 0 aliphatic rings. The summed E-state index contributed by atoms with van der Waals surface area (Å²) in [7, 11) is 0. The van der Waals surface area contributed by atoms with E-state index >= 15 is 0 Å². The number of rotatable bonds is 3. The lowest BCUT2D eigenvalue weighted by atomic mass is 10.1. The lowest BCUT2D eigenvalue weighted by Crippen LogP contribution is -1.81. The second kappa shape index (κ2) is 4.99. The van der Waals surface area contributed by atoms with Gasteiger partial charge in [0.05, 0.1) is 12.0 Å². The van der Waals surface area contributed by atoms with Crippen LogP contribution < -0.4 is 0 Å². The number of benzene rings is 1. The molecule has 1 N–H and O–H groups in total. The van der Waals surface area contributed by atoms with Gasteiger partial charge in [0.1, 0.15) is 0 Å². The topological polar surface area (TPSA) is 28.7 Å². The van der Waals surface area contributed by atoms with Gasteiger partial charge in [0.25, 0.3) is 0 Å². The molecule has 0 unspecified atom stereocenters. The molecule has 2 nitrogen and oxygen atoms in total. The minimum atomic E-state index is 0.774. The van der Waals surface area contributed by atoms with E-state index in [-0.39, 0.29) is 0 Å². The van der Waals surface area contributed by atoms with Crippen LogP contribution in [0.3, 0.4) is 0 Å². The average molecular weight is 233 g/mol. The Morgan fingerprint density at radius 1 is 1.31 bits per heavy atom. The molecule has 1 aromatic heterocycles. The van der Waals surface area contributed by atoms with E-state index in [9.17, 15) is 0 Å². The van der Waals surface area contributed by atoms with E-state index in [0.29, 0.717) is 0 Å². The van der Waals surface area contributed by atoms with Gasteiger partial charge >= 0.3 is 0 Å². The zero-order valence-corrected chi connectivity index (χ0v) is 9.83. The molecule has 0 spiro atoms. The lowest BCUT2D eigenvalue weighted by Gasteiger charge is -1.96. The molecular formula is C13H13ClN2. The summed E-state index contributed by atoms with van der Waals surface area (Å²) in [6.07, 6.45) is 6.73. The van der Waals surface area contributed by atoms with Gasteiger partial charge in [-0.2, -0.15) is 0 Å². The molecule has 0 aliphatic heterocycles. The Kier molecular flexibility index (Phi) is 3.42. The van der Waals surface area contributed by atoms with Gasteiger partial charge < -0.3 is 4.98 Å². The Morgan fingerprint density at radius 2 is 2.06 bits per heavy atom. The minimum absolute atomic E-state index is 0.774. The maximum absolute atomic E-state index is 5.82. The Bertz CT molecular complexity index is 483. The first-order chi connectivity index (χ1) is 7.75. The summed E-state index contributed by atoms with van der Waals surface area (Å²) in [5, 5.41) is 0.774. The Morgan fingerprint density at radius 3 is 2.69 bits per heavy atom. The van der Waals surface area contributed by atoms with E-state index in [2.05, 4.69) is 16.0 Å². The van der Waals surface area contributed by atoms with Crippen molar-refractivity contribution in [3.63, 3.8) is 0 Å². The maximum atomic E-state index is 5.82. The second-order valence-electron chi connectivity index (χ2n) is 3.65. The SMILES string of the molecule is Cc1[nH]cnc1/C=C/Cc1ccc(Cl)cc1. The number of H-pyrrole nitrogens is 1. The fourth-order valence-corrected chi connectivity index (χ4v) is 1.59. The monoisotopic (exact) mass is 232 g/mol. The number of nitrogens with zero attached hydrogens (tertiary/aromatic N) is 1. The van der Waals surface area contributed by atoms with Crippen LogP contribution in [-0.2, 0) is 6.42 Å². The average Bonchev–Trinajstić information content (AvgIpc) is 2.68. The molecule has 16 heavy (non-hydrogen) atoms. The first kappa shape index (κ1) is 11.0. The van der Waals surface area contributed by atoms with E-state index in [4.69, 9.17) is 11.6 Å². The van der Waals surface area contributed by atoms with E-state index in [1.165, 1.54) is 5.56 Å². The number of aromatic nitrogens is 2. The number of halogens is 1. The van der Waals surface area contributed by atoms with Crippen molar-refractivity contribution in [3.8, 4) is 0 Å². The van der Waals surface area contributed by atoms with Gasteiger partial charge in [-0.15, -0.1) is 0 Å². The van der Waals surface area contributed by atoms with Crippen LogP contribution in [0.15, 0.2) is 36.7 Å². The molecular weight excluding hydrogens is 220 g/mol. The Balaban J connectivity index is 2.00. The van der Waals surface area contributed by atoms with Crippen molar-refractivity contribution in [3.05, 3.63) is 58.6 Å². The van der Waals surface area contributed by atoms with Crippen molar-refractivity contribution in [2.75, 3.05) is 0 Å². The first-order valence-electron chi connectivity index (χ1n) is 5.16. The predicted molar refractivity (Wildman–Crippen MR) is 67.5 cm³/mol. The van der Waals surface area contributed by atoms with Crippen LogP contribution in [0.2, 0.25) is 5.02 Å². The first-order valence-corrected chi connectivity index (χ1v) is 5.54. The molecule has 82 valence electrons. The molecule has 0 amide bonds. The van der Waals surface area contributed by atoms with Crippen molar-refractivity contribution in [1.82, 2.24) is 9.97 Å². The van der Waals surface area contributed by atoms with Gasteiger partial charge in [0.15, 0.2) is 0 Å². The summed E-state index contributed by atoms with van der Waals surface area (Å²) in [6.45, 7) is 2.01. The second-order valence-corrected chi connectivity index (χ2v) is 4.08. The third kappa shape index (κ3) is 2.74. The Labute approximate surface area is 100.0 Å². The third-order valence-electron chi connectivity index (χ3n) is 2.41. The predicted octanol–water partition coefficient (Wildman–Crippen LogP) is 3.63. The van der Waals surface area contributed by atoms with Crippen molar-refractivity contribution >= 4 is 17.7 Å². The third-order valence-corrected chi connectivity index (χ3v) is 2.66. The van der Waals surface area contributed by atoms with Gasteiger partial charge in [-0.1, -0.05) is 29.8 Å². The van der Waals surface area contributed by atoms with Gasteiger partial charge in [-0.3, -0.25) is 0 Å². The number of aryl methyl sites for hydroxylation is 1. The quantitative estimate of drug-likeness (QED) is 0.860. The summed E-state index contributed by atoms with van der Waals surface area (Å²) >= 11 is 5.82. The van der Waals surface area contributed by atoms with Crippen LogP contribution in [0.4, 0.5) is 0 Å². The molecule has 0 atom stereocenters. The molecule has 3 heteroatoms. The van der Waals surface area contributed by atoms with E-state index in [0.717, 1.165) is 22.8 Å². The summed E-state index contributed by atoms with van der Waals surface area (Å²) in [4.78, 5) is 7.24. The van der Waals surface area contributed by atoms with Gasteiger partial charge in [0, 0.05) is 10.7 Å². The fraction of sp³-hybridized carbons (Fsp3) is 0.154. The summed E-state index contributed by atoms with van der Waals surface area (Å²) in [5.74, 6) is 0. The fourth-order valence-electron chi connectivity index (χ4n) is 1.46. The molecule has 0 bridgehead atoms. The number of imidazole rings is 1. The maximum Gasteiger partial charge on any atom is 0.0929 e. The van der Waals surface area contributed by atoms with E-state index < -0.39 is 0 Å². The molecule has 2 rings (SSSR count). The number of hydrogen-bond donors (Lipinski definition) is 1. The van der Waals surface area contributed by atoms with Crippen LogP contribution in [0, 0.1) is 6.92 Å². The van der Waals surface area contributed by atoms with Crippen LogP contribution in [0.5, 0.6) is 0 Å². The van der Waals surface area contributed by atoms with E-state index in [1.54, 1.807) is 6.33 Å². The molecule has 2 aromatic rings. The standard InChI is InChI=1S/C13H13ClN2/c1-10-13(16-9-15-10)4-2-3-11-5-7-12(14)8-6-11/h2,4-9H,3H2,1H3,(H,15,16)/b4-2+. The number of allylic oxidation sites excluding steroid dienone is 1. The van der Waals surface area contributed by atoms with Crippen LogP contribution in [0.25, 0.3) is 6.08 Å². The molecule has 0 saturated carbocycles. The summed E-state index contributed by atoms with van der Waals surface area (Å²) in [6, 6.07) is 7.88. The lowest BCUT2D eigenvalue weighted by molar-refractivity contribution is 1.25. The molecule has 0 fully saturated rings. The smallest absolute Gasteiger partial charge is 0.0929 e. The molecule has 1 heterocycles. The highest BCUT2D eigenvalue weighted by molar-refractivity contribution is 6.30. The number of aromatic amines is 1. The minimum Gasteiger partial charge on any atom is -0.348 e. The molecule has 0 radical (unpaired) electrons. The normalized spacial score (nSPS) is 11.1. The molecule has 1 aromatic carbocycles.